The Morgan fingerprint density at radius 2 is 1.42 bits per heavy atom. The maximum Gasteiger partial charge on any atom is 0.432 e. The molecule has 0 bridgehead atoms. The van der Waals surface area contributed by atoms with E-state index in [1.165, 1.54) is 0 Å². The van der Waals surface area contributed by atoms with E-state index in [2.05, 4.69) is 18.6 Å². The molecule has 2 aromatic rings. The highest BCUT2D eigenvalue weighted by Gasteiger charge is 2.42. The number of hydrogen-bond donors (Lipinski definition) is 0. The second kappa shape index (κ2) is 13.6. The molecule has 0 heterocycles. The van der Waals surface area contributed by atoms with Crippen LogP contribution in [-0.4, -0.2) is 6.10 Å². The monoisotopic (exact) mass is 544 g/mol. The van der Waals surface area contributed by atoms with Crippen LogP contribution in [0, 0.1) is 29.2 Å². The number of unbranched alkanes of at least 4 members (excludes halogenated alkanes) is 3. The van der Waals surface area contributed by atoms with Gasteiger partial charge in [0.2, 0.25) is 0 Å². The van der Waals surface area contributed by atoms with Gasteiger partial charge in [-0.15, -0.1) is 0 Å². The lowest BCUT2D eigenvalue weighted by Gasteiger charge is -2.29. The number of benzene rings is 2. The molecule has 212 valence electrons. The van der Waals surface area contributed by atoms with E-state index in [0.29, 0.717) is 30.0 Å². The summed E-state index contributed by atoms with van der Waals surface area (Å²) in [4.78, 5) is 0. The van der Waals surface area contributed by atoms with Gasteiger partial charge in [-0.1, -0.05) is 46.0 Å². The minimum absolute atomic E-state index is 0.111. The third kappa shape index (κ3) is 7.82. The molecule has 8 heteroatoms. The van der Waals surface area contributed by atoms with Crippen LogP contribution >= 0.6 is 0 Å². The highest BCUT2D eigenvalue weighted by molar-refractivity contribution is 5.37. The molecule has 2 aromatic carbocycles. The topological polar surface area (TPSA) is 18.5 Å². The minimum atomic E-state index is -4.50. The van der Waals surface area contributed by atoms with Crippen LogP contribution in [0.5, 0.6) is 11.5 Å². The Bertz CT molecular complexity index is 1000. The quantitative estimate of drug-likeness (QED) is 0.184. The van der Waals surface area contributed by atoms with E-state index in [4.69, 9.17) is 4.74 Å². The van der Waals surface area contributed by atoms with Gasteiger partial charge in [-0.2, -0.15) is 8.78 Å². The van der Waals surface area contributed by atoms with Gasteiger partial charge in [-0.25, -0.2) is 17.6 Å². The third-order valence-corrected chi connectivity index (χ3v) is 7.37. The molecule has 0 amide bonds. The van der Waals surface area contributed by atoms with Crippen molar-refractivity contribution in [1.29, 1.82) is 0 Å². The average Bonchev–Trinajstić information content (AvgIpc) is 2.84. The van der Waals surface area contributed by atoms with E-state index in [0.717, 1.165) is 76.3 Å². The molecular weight excluding hydrogens is 506 g/mol. The number of halogens is 6. The van der Waals surface area contributed by atoms with Crippen LogP contribution in [0.1, 0.15) is 108 Å². The molecule has 1 fully saturated rings. The van der Waals surface area contributed by atoms with Crippen molar-refractivity contribution in [2.24, 2.45) is 5.92 Å². The Morgan fingerprint density at radius 3 is 1.97 bits per heavy atom. The van der Waals surface area contributed by atoms with Gasteiger partial charge in [0.25, 0.3) is 0 Å². The molecular formula is C30H38F6O2. The summed E-state index contributed by atoms with van der Waals surface area (Å²) in [6, 6.07) is 2.88. The Hall–Kier alpha value is -2.38. The summed E-state index contributed by atoms with van der Waals surface area (Å²) in [5.74, 6) is -6.56. The maximum absolute atomic E-state index is 14.9. The van der Waals surface area contributed by atoms with Gasteiger partial charge in [-0.3, -0.25) is 0 Å². The first kappa shape index (κ1) is 30.2. The fourth-order valence-corrected chi connectivity index (χ4v) is 5.33. The summed E-state index contributed by atoms with van der Waals surface area (Å²) >= 11 is 0. The molecule has 1 aliphatic rings. The van der Waals surface area contributed by atoms with E-state index < -0.39 is 52.5 Å². The summed E-state index contributed by atoms with van der Waals surface area (Å²) in [5.41, 5.74) is -1.26. The predicted molar refractivity (Wildman–Crippen MR) is 136 cm³/mol. The normalized spacial score (nSPS) is 18.9. The second-order valence-electron chi connectivity index (χ2n) is 10.5. The molecule has 0 spiro atoms. The maximum atomic E-state index is 14.9. The Morgan fingerprint density at radius 1 is 0.816 bits per heavy atom. The van der Waals surface area contributed by atoms with Crippen molar-refractivity contribution in [3.8, 4) is 11.5 Å². The van der Waals surface area contributed by atoms with E-state index in [-0.39, 0.29) is 5.92 Å². The summed E-state index contributed by atoms with van der Waals surface area (Å²) in [6.07, 6.45) is 4.95. The van der Waals surface area contributed by atoms with Crippen LogP contribution in [0.15, 0.2) is 24.3 Å². The molecule has 1 unspecified atom stereocenters. The molecule has 0 aliphatic heterocycles. The average molecular weight is 545 g/mol. The van der Waals surface area contributed by atoms with Crippen LogP contribution in [0.2, 0.25) is 0 Å². The van der Waals surface area contributed by atoms with Crippen LogP contribution < -0.4 is 9.47 Å². The second-order valence-corrected chi connectivity index (χ2v) is 10.5. The summed E-state index contributed by atoms with van der Waals surface area (Å²) in [5, 5.41) is 0. The minimum Gasteiger partial charge on any atom is -0.485 e. The van der Waals surface area contributed by atoms with Gasteiger partial charge in [0.1, 0.15) is 22.9 Å². The SMILES string of the molecule is CCCCCCC(C)Oc1c(F)cc(OC(F)(F)c2c(F)cc(C3CCC(CCC)CC3)cc2F)cc1F. The van der Waals surface area contributed by atoms with Crippen molar-refractivity contribution >= 4 is 0 Å². The zero-order valence-electron chi connectivity index (χ0n) is 22.4. The Balaban J connectivity index is 1.71. The Kier molecular flexibility index (Phi) is 10.8. The third-order valence-electron chi connectivity index (χ3n) is 7.37. The van der Waals surface area contributed by atoms with Crippen LogP contribution in [0.3, 0.4) is 0 Å². The molecule has 1 atom stereocenters. The fraction of sp³-hybridized carbons (Fsp3) is 0.600. The molecule has 38 heavy (non-hydrogen) atoms. The standard InChI is InChI=1S/C30H38F6O2/c1-4-6-7-8-10-19(3)37-29-26(33)17-23(18-27(29)34)38-30(35,36)28-24(31)15-22(16-25(28)32)21-13-11-20(9-5-2)12-14-21/h15-21H,4-14H2,1-3H3. The Labute approximate surface area is 221 Å². The number of ether oxygens (including phenoxy) is 2. The molecule has 0 N–H and O–H groups in total. The first-order chi connectivity index (χ1) is 18.1. The first-order valence-electron chi connectivity index (χ1n) is 13.8. The molecule has 1 aliphatic carbocycles. The van der Waals surface area contributed by atoms with Gasteiger partial charge in [-0.05, 0) is 75.0 Å². The lowest BCUT2D eigenvalue weighted by atomic mass is 9.77. The van der Waals surface area contributed by atoms with Crippen molar-refractivity contribution in [2.45, 2.75) is 110 Å². The summed E-state index contributed by atoms with van der Waals surface area (Å²) < 4.78 is 98.2. The molecule has 3 rings (SSSR count). The number of hydrogen-bond acceptors (Lipinski definition) is 2. The lowest BCUT2D eigenvalue weighted by molar-refractivity contribution is -0.189. The van der Waals surface area contributed by atoms with Crippen molar-refractivity contribution in [3.63, 3.8) is 0 Å². The van der Waals surface area contributed by atoms with Crippen LogP contribution in [0.25, 0.3) is 0 Å². The van der Waals surface area contributed by atoms with Crippen molar-refractivity contribution < 1.29 is 35.8 Å². The molecule has 0 aromatic heterocycles. The van der Waals surface area contributed by atoms with Crippen molar-refractivity contribution in [1.82, 2.24) is 0 Å². The van der Waals surface area contributed by atoms with Gasteiger partial charge in [0.05, 0.1) is 6.10 Å². The van der Waals surface area contributed by atoms with E-state index in [1.807, 2.05) is 0 Å². The van der Waals surface area contributed by atoms with Crippen LogP contribution in [0.4, 0.5) is 26.3 Å². The highest BCUT2D eigenvalue weighted by atomic mass is 19.3. The van der Waals surface area contributed by atoms with Gasteiger partial charge < -0.3 is 9.47 Å². The van der Waals surface area contributed by atoms with Gasteiger partial charge in [0, 0.05) is 12.1 Å². The summed E-state index contributed by atoms with van der Waals surface area (Å²) in [6.45, 7) is 5.84. The molecule has 0 radical (unpaired) electrons. The number of alkyl halides is 2. The van der Waals surface area contributed by atoms with Gasteiger partial charge >= 0.3 is 6.11 Å². The van der Waals surface area contributed by atoms with Crippen LogP contribution in [-0.2, 0) is 6.11 Å². The largest absolute Gasteiger partial charge is 0.485 e. The lowest BCUT2D eigenvalue weighted by Crippen LogP contribution is -2.26. The fourth-order valence-electron chi connectivity index (χ4n) is 5.33. The van der Waals surface area contributed by atoms with Crippen molar-refractivity contribution in [3.05, 3.63) is 58.7 Å². The number of rotatable bonds is 13. The van der Waals surface area contributed by atoms with E-state index in [1.54, 1.807) is 6.92 Å². The van der Waals surface area contributed by atoms with Gasteiger partial charge in [0.15, 0.2) is 17.4 Å². The van der Waals surface area contributed by atoms with Crippen molar-refractivity contribution in [2.75, 3.05) is 0 Å². The first-order valence-corrected chi connectivity index (χ1v) is 13.8. The molecule has 0 saturated heterocycles. The molecule has 2 nitrogen and oxygen atoms in total. The molecule has 1 saturated carbocycles. The smallest absolute Gasteiger partial charge is 0.432 e. The highest BCUT2D eigenvalue weighted by Crippen LogP contribution is 2.41. The van der Waals surface area contributed by atoms with E-state index >= 15 is 0 Å². The zero-order valence-corrected chi connectivity index (χ0v) is 22.4. The summed E-state index contributed by atoms with van der Waals surface area (Å²) in [7, 11) is 0. The van der Waals surface area contributed by atoms with E-state index in [9.17, 15) is 26.3 Å². The zero-order chi connectivity index (χ0) is 27.9. The predicted octanol–water partition coefficient (Wildman–Crippen LogP) is 10.2.